The van der Waals surface area contributed by atoms with Gasteiger partial charge in [-0.1, -0.05) is 114 Å². The molecular formula is C60H90FN9O7. The van der Waals surface area contributed by atoms with Crippen LogP contribution in [0.2, 0.25) is 0 Å². The van der Waals surface area contributed by atoms with Crippen LogP contribution in [0, 0.1) is 17.2 Å². The average molecular weight is 1070 g/mol. The molecule has 1 saturated carbocycles. The predicted molar refractivity (Wildman–Crippen MR) is 301 cm³/mol. The van der Waals surface area contributed by atoms with E-state index in [-0.39, 0.29) is 41.3 Å². The maximum atomic E-state index is 15.5. The molecule has 1 aliphatic carbocycles. The first-order chi connectivity index (χ1) is 37.2. The second kappa shape index (κ2) is 34.1. The van der Waals surface area contributed by atoms with Crippen LogP contribution < -0.4 is 36.9 Å². The maximum absolute atomic E-state index is 15.5. The lowest BCUT2D eigenvalue weighted by atomic mass is 9.79. The average Bonchev–Trinajstić information content (AvgIpc) is 4.17. The molecule has 0 bridgehead atoms. The van der Waals surface area contributed by atoms with E-state index in [0.717, 1.165) is 79.4 Å². The maximum Gasteiger partial charge on any atom is 0.303 e. The molecule has 0 aliphatic heterocycles. The largest absolute Gasteiger partial charge is 0.497 e. The lowest BCUT2D eigenvalue weighted by Crippen LogP contribution is -2.40. The second-order valence-corrected chi connectivity index (χ2v) is 21.7. The number of halogens is 1. The molecule has 8 N–H and O–H groups in total. The number of ether oxygens (including phenoxy) is 2. The summed E-state index contributed by atoms with van der Waals surface area (Å²) in [6, 6.07) is 18.7. The number of amides is 3. The number of hydrogen-bond donors (Lipinski definition) is 6. The molecule has 17 heteroatoms. The Hall–Kier alpha value is -5.91. The van der Waals surface area contributed by atoms with Gasteiger partial charge in [0, 0.05) is 89.9 Å². The monoisotopic (exact) mass is 1070 g/mol. The minimum atomic E-state index is -0.787. The molecular weight excluding hydrogens is 978 g/mol. The van der Waals surface area contributed by atoms with E-state index < -0.39 is 5.97 Å². The molecule has 77 heavy (non-hydrogen) atoms. The van der Waals surface area contributed by atoms with Crippen molar-refractivity contribution in [2.24, 2.45) is 22.8 Å². The molecule has 0 unspecified atom stereocenters. The highest BCUT2D eigenvalue weighted by Crippen LogP contribution is 2.45. The Bertz CT molecular complexity index is 2390. The first-order valence-electron chi connectivity index (χ1n) is 28.5. The normalized spacial score (nSPS) is 12.9. The molecule has 1 heterocycles. The van der Waals surface area contributed by atoms with Gasteiger partial charge in [0.15, 0.2) is 0 Å². The quantitative estimate of drug-likeness (QED) is 0.0229. The summed E-state index contributed by atoms with van der Waals surface area (Å²) in [5.41, 5.74) is 15.9. The number of carbonyl (C=O) groups is 4. The lowest BCUT2D eigenvalue weighted by molar-refractivity contribution is -0.137. The molecule has 1 aromatic heterocycles. The lowest BCUT2D eigenvalue weighted by Gasteiger charge is -2.26. The Morgan fingerprint density at radius 3 is 1.99 bits per heavy atom. The van der Waals surface area contributed by atoms with Crippen molar-refractivity contribution in [2.45, 2.75) is 161 Å². The minimum absolute atomic E-state index is 0.0192. The van der Waals surface area contributed by atoms with E-state index in [0.29, 0.717) is 114 Å². The molecule has 4 aromatic rings. The van der Waals surface area contributed by atoms with Crippen molar-refractivity contribution in [1.82, 2.24) is 35.8 Å². The van der Waals surface area contributed by atoms with Crippen LogP contribution >= 0.6 is 0 Å². The van der Waals surface area contributed by atoms with Crippen molar-refractivity contribution < 1.29 is 38.1 Å². The van der Waals surface area contributed by atoms with Gasteiger partial charge in [0.05, 0.1) is 19.2 Å². The Balaban J connectivity index is 0.957. The Morgan fingerprint density at radius 2 is 1.36 bits per heavy atom. The van der Waals surface area contributed by atoms with E-state index in [1.54, 1.807) is 19.2 Å². The standard InChI is InChI=1S/C60H90FN9O7/c1-60(2,41-48-37-45(20-24-52(48)54-39-50(76-3)23-25-55(54)61)44-77-51-18-16-17-47(38-51)53(40-59(74)75)46-21-22-46)42-49-43-70(68-67-49)33-15-13-11-9-7-5-4-6-8-10-12-14-19-56(71)66-32-36-69(34-26-57(72)64-30-28-62)35-27-58(73)65-31-29-63/h16-18,20,23-25,37-39,43,46,53H,4-15,19,21-22,26-36,40-42,44,62-63H2,1-3H3,(H,64,72)(H,65,73)(H,66,71)(H,74,75)/t53-/m0/s1. The number of carboxylic acid groups (broad SMARTS) is 1. The van der Waals surface area contributed by atoms with Gasteiger partial charge >= 0.3 is 5.97 Å². The molecule has 3 amide bonds. The molecule has 424 valence electrons. The van der Waals surface area contributed by atoms with Crippen LogP contribution in [0.4, 0.5) is 4.39 Å². The number of carbonyl (C=O) groups excluding carboxylic acids is 3. The van der Waals surface area contributed by atoms with E-state index in [1.807, 2.05) is 46.0 Å². The fraction of sp³-hybridized carbons (Fsp3) is 0.600. The molecule has 0 saturated heterocycles. The van der Waals surface area contributed by atoms with Crippen molar-refractivity contribution in [1.29, 1.82) is 0 Å². The number of aliphatic carboxylic acids is 1. The van der Waals surface area contributed by atoms with Crippen molar-refractivity contribution in [3.8, 4) is 22.6 Å². The number of benzene rings is 3. The topological polar surface area (TPSA) is 229 Å². The Kier molecular flexibility index (Phi) is 27.4. The van der Waals surface area contributed by atoms with E-state index in [9.17, 15) is 24.3 Å². The number of unbranched alkanes of at least 4 members (excludes halogenated alkanes) is 11. The number of aromatic nitrogens is 3. The number of hydrogen-bond acceptors (Lipinski definition) is 11. The van der Waals surface area contributed by atoms with Gasteiger partial charge in [0.25, 0.3) is 0 Å². The molecule has 0 spiro atoms. The number of rotatable bonds is 41. The Morgan fingerprint density at radius 1 is 0.740 bits per heavy atom. The number of nitrogens with zero attached hydrogens (tertiary/aromatic N) is 4. The zero-order valence-electron chi connectivity index (χ0n) is 46.4. The predicted octanol–water partition coefficient (Wildman–Crippen LogP) is 8.87. The number of nitrogens with one attached hydrogen (secondary N) is 3. The first kappa shape index (κ1) is 61.9. The summed E-state index contributed by atoms with van der Waals surface area (Å²) in [5.74, 6) is 0.422. The molecule has 16 nitrogen and oxygen atoms in total. The summed E-state index contributed by atoms with van der Waals surface area (Å²) in [6.45, 7) is 9.17. The van der Waals surface area contributed by atoms with E-state index in [1.165, 1.54) is 51.0 Å². The van der Waals surface area contributed by atoms with Gasteiger partial charge in [0.2, 0.25) is 17.7 Å². The highest BCUT2D eigenvalue weighted by atomic mass is 19.1. The van der Waals surface area contributed by atoms with E-state index >= 15 is 4.39 Å². The SMILES string of the molecule is COc1ccc(F)c(-c2ccc(COc3cccc([C@@H](CC(=O)O)C4CC4)c3)cc2CC(C)(C)Cc2cn(CCCCCCCCCCCCCCC(=O)NCCN(CCC(=O)NCCN)CCC(=O)NCCN)nn2)c1. The molecule has 0 radical (unpaired) electrons. The van der Waals surface area contributed by atoms with Gasteiger partial charge in [-0.2, -0.15) is 0 Å². The van der Waals surface area contributed by atoms with Crippen molar-refractivity contribution in [3.05, 3.63) is 95.1 Å². The zero-order valence-corrected chi connectivity index (χ0v) is 46.4. The molecule has 1 aliphatic rings. The second-order valence-electron chi connectivity index (χ2n) is 21.7. The van der Waals surface area contributed by atoms with Crippen LogP contribution in [-0.4, -0.2) is 108 Å². The highest BCUT2D eigenvalue weighted by molar-refractivity contribution is 5.77. The van der Waals surface area contributed by atoms with Crippen LogP contribution in [0.15, 0.2) is 66.9 Å². The number of aryl methyl sites for hydroxylation is 1. The highest BCUT2D eigenvalue weighted by Gasteiger charge is 2.34. The summed E-state index contributed by atoms with van der Waals surface area (Å²) in [6.07, 6.45) is 20.6. The van der Waals surface area contributed by atoms with Crippen molar-refractivity contribution in [2.75, 3.05) is 59.5 Å². The van der Waals surface area contributed by atoms with Gasteiger partial charge in [-0.15, -0.1) is 5.10 Å². The number of methoxy groups -OCH3 is 1. The summed E-state index contributed by atoms with van der Waals surface area (Å²) in [4.78, 5) is 50.4. The van der Waals surface area contributed by atoms with Gasteiger partial charge in [0.1, 0.15) is 23.9 Å². The summed E-state index contributed by atoms with van der Waals surface area (Å²) >= 11 is 0. The van der Waals surface area contributed by atoms with E-state index in [4.69, 9.17) is 20.9 Å². The third-order valence-electron chi connectivity index (χ3n) is 14.4. The molecule has 1 fully saturated rings. The summed E-state index contributed by atoms with van der Waals surface area (Å²) in [7, 11) is 1.58. The summed E-state index contributed by atoms with van der Waals surface area (Å²) in [5, 5.41) is 27.1. The number of nitrogens with two attached hydrogens (primary N) is 2. The summed E-state index contributed by atoms with van der Waals surface area (Å²) < 4.78 is 29.3. The third-order valence-corrected chi connectivity index (χ3v) is 14.4. The Labute approximate surface area is 457 Å². The number of carboxylic acids is 1. The van der Waals surface area contributed by atoms with Crippen LogP contribution in [0.3, 0.4) is 0 Å². The molecule has 3 aromatic carbocycles. The zero-order chi connectivity index (χ0) is 55.3. The van der Waals surface area contributed by atoms with Gasteiger partial charge in [-0.3, -0.25) is 23.9 Å². The van der Waals surface area contributed by atoms with E-state index in [2.05, 4.69) is 52.4 Å². The van der Waals surface area contributed by atoms with Crippen LogP contribution in [0.25, 0.3) is 11.1 Å². The fourth-order valence-corrected chi connectivity index (χ4v) is 10.0. The van der Waals surface area contributed by atoms with Crippen LogP contribution in [0.1, 0.15) is 158 Å². The third kappa shape index (κ3) is 24.1. The first-order valence-corrected chi connectivity index (χ1v) is 28.5. The van der Waals surface area contributed by atoms with Crippen LogP contribution in [0.5, 0.6) is 11.5 Å². The van der Waals surface area contributed by atoms with Crippen molar-refractivity contribution >= 4 is 23.7 Å². The van der Waals surface area contributed by atoms with Gasteiger partial charge in [-0.05, 0) is 108 Å². The smallest absolute Gasteiger partial charge is 0.303 e. The van der Waals surface area contributed by atoms with Gasteiger partial charge < -0.3 is 46.9 Å². The molecule has 5 rings (SSSR count). The van der Waals surface area contributed by atoms with Crippen LogP contribution in [-0.2, 0) is 45.2 Å². The molecule has 1 atom stereocenters. The minimum Gasteiger partial charge on any atom is -0.497 e. The van der Waals surface area contributed by atoms with Gasteiger partial charge in [-0.25, -0.2) is 4.39 Å². The van der Waals surface area contributed by atoms with Crippen molar-refractivity contribution in [3.63, 3.8) is 0 Å². The fourth-order valence-electron chi connectivity index (χ4n) is 10.0.